The first-order valence-corrected chi connectivity index (χ1v) is 11.6. The van der Waals surface area contributed by atoms with E-state index in [0.717, 1.165) is 32.4 Å². The highest BCUT2D eigenvalue weighted by atomic mass is 32.2. The van der Waals surface area contributed by atoms with E-state index in [1.165, 1.54) is 17.1 Å². The summed E-state index contributed by atoms with van der Waals surface area (Å²) >= 11 is 3.06. The molecular formula is C24H21N3O2S2. The molecule has 0 bridgehead atoms. The lowest BCUT2D eigenvalue weighted by Gasteiger charge is -2.15. The Morgan fingerprint density at radius 2 is 1.81 bits per heavy atom. The quantitative estimate of drug-likeness (QED) is 0.472. The molecule has 3 aromatic rings. The Balaban J connectivity index is 1.52. The maximum atomic E-state index is 13.3. The Labute approximate surface area is 189 Å². The predicted molar refractivity (Wildman–Crippen MR) is 130 cm³/mol. The number of ether oxygens (including phenoxy) is 1. The zero-order chi connectivity index (χ0) is 21.5. The minimum absolute atomic E-state index is 0.00107. The lowest BCUT2D eigenvalue weighted by molar-refractivity contribution is -0.122. The number of carbonyl (C=O) groups is 1. The van der Waals surface area contributed by atoms with Gasteiger partial charge in [-0.3, -0.25) is 9.69 Å². The number of methoxy groups -OCH3 is 1. The van der Waals surface area contributed by atoms with Crippen LogP contribution in [-0.2, 0) is 4.79 Å². The topological polar surface area (TPSA) is 45.1 Å². The molecule has 0 saturated carbocycles. The average Bonchev–Trinajstić information content (AvgIpc) is 3.29. The largest absolute Gasteiger partial charge is 0.497 e. The fourth-order valence-electron chi connectivity index (χ4n) is 3.71. The number of aliphatic imine (C=N–C) groups is 1. The van der Waals surface area contributed by atoms with Crippen LogP contribution in [-0.4, -0.2) is 36.7 Å². The molecule has 156 valence electrons. The first-order chi connectivity index (χ1) is 15.1. The highest BCUT2D eigenvalue weighted by molar-refractivity contribution is 8.19. The summed E-state index contributed by atoms with van der Waals surface area (Å²) in [5.74, 6) is 0.803. The number of benzene rings is 3. The summed E-state index contributed by atoms with van der Waals surface area (Å²) < 4.78 is 5.37. The van der Waals surface area contributed by atoms with Crippen LogP contribution in [0.15, 0.2) is 80.5 Å². The first kappa shape index (κ1) is 20.0. The zero-order valence-corrected chi connectivity index (χ0v) is 19.1. The molecular weight excluding hydrogens is 426 g/mol. The molecule has 5 nitrogen and oxygen atoms in total. The van der Waals surface area contributed by atoms with Gasteiger partial charge in [0.25, 0.3) is 5.91 Å². The number of hydrogen-bond donors (Lipinski definition) is 0. The van der Waals surface area contributed by atoms with Gasteiger partial charge in [0.2, 0.25) is 0 Å². The van der Waals surface area contributed by atoms with Crippen molar-refractivity contribution in [2.75, 3.05) is 25.6 Å². The van der Waals surface area contributed by atoms with Crippen molar-refractivity contribution >= 4 is 56.7 Å². The van der Waals surface area contributed by atoms with Crippen molar-refractivity contribution in [3.63, 3.8) is 0 Å². The predicted octanol–water partition coefficient (Wildman–Crippen LogP) is 5.84. The monoisotopic (exact) mass is 447 g/mol. The van der Waals surface area contributed by atoms with E-state index in [2.05, 4.69) is 29.2 Å². The molecule has 0 aliphatic carbocycles. The minimum atomic E-state index is 0.00107. The molecule has 1 saturated heterocycles. The second-order valence-corrected chi connectivity index (χ2v) is 9.21. The molecule has 2 heterocycles. The van der Waals surface area contributed by atoms with Crippen molar-refractivity contribution in [1.29, 1.82) is 0 Å². The van der Waals surface area contributed by atoms with Crippen LogP contribution in [0, 0.1) is 0 Å². The summed E-state index contributed by atoms with van der Waals surface area (Å²) in [6.07, 6.45) is 0. The van der Waals surface area contributed by atoms with E-state index in [4.69, 9.17) is 9.73 Å². The van der Waals surface area contributed by atoms with Crippen LogP contribution < -0.4 is 9.64 Å². The normalized spacial score (nSPS) is 19.6. The van der Waals surface area contributed by atoms with Crippen molar-refractivity contribution < 1.29 is 9.53 Å². The van der Waals surface area contributed by atoms with Crippen LogP contribution in [0.5, 0.6) is 5.75 Å². The molecule has 31 heavy (non-hydrogen) atoms. The highest BCUT2D eigenvalue weighted by Crippen LogP contribution is 2.51. The minimum Gasteiger partial charge on any atom is -0.497 e. The summed E-state index contributed by atoms with van der Waals surface area (Å²) in [5.41, 5.74) is 1.89. The van der Waals surface area contributed by atoms with Gasteiger partial charge >= 0.3 is 0 Å². The van der Waals surface area contributed by atoms with Gasteiger partial charge in [-0.1, -0.05) is 42.1 Å². The molecule has 2 aliphatic rings. The molecule has 1 fully saturated rings. The van der Waals surface area contributed by atoms with Gasteiger partial charge in [0.05, 0.1) is 23.5 Å². The van der Waals surface area contributed by atoms with Gasteiger partial charge in [0, 0.05) is 24.6 Å². The van der Waals surface area contributed by atoms with Gasteiger partial charge in [-0.05, 0) is 53.7 Å². The van der Waals surface area contributed by atoms with E-state index in [1.807, 2.05) is 50.4 Å². The lowest BCUT2D eigenvalue weighted by atomic mass is 10.1. The smallest absolute Gasteiger partial charge is 0.269 e. The van der Waals surface area contributed by atoms with E-state index < -0.39 is 0 Å². The van der Waals surface area contributed by atoms with Crippen molar-refractivity contribution in [1.82, 2.24) is 4.90 Å². The second kappa shape index (κ2) is 7.98. The number of hydrogen-bond acceptors (Lipinski definition) is 6. The molecule has 7 heteroatoms. The molecule has 0 radical (unpaired) electrons. The van der Waals surface area contributed by atoms with Crippen molar-refractivity contribution in [2.45, 2.75) is 11.8 Å². The summed E-state index contributed by atoms with van der Waals surface area (Å²) in [7, 11) is 3.65. The number of likely N-dealkylation sites (N-methyl/N-ethyl adjacent to an activating group) is 1. The van der Waals surface area contributed by atoms with E-state index in [0.29, 0.717) is 16.6 Å². The Hall–Kier alpha value is -2.90. The Kier molecular flexibility index (Phi) is 5.16. The van der Waals surface area contributed by atoms with Crippen LogP contribution in [0.3, 0.4) is 0 Å². The number of fused-ring (bicyclic) bond motifs is 2. The summed E-state index contributed by atoms with van der Waals surface area (Å²) in [6, 6.07) is 20.3. The highest BCUT2D eigenvalue weighted by Gasteiger charge is 2.38. The van der Waals surface area contributed by atoms with Crippen molar-refractivity contribution in [3.05, 3.63) is 70.6 Å². The van der Waals surface area contributed by atoms with Gasteiger partial charge in [0.15, 0.2) is 5.17 Å². The number of amides is 1. The number of thioether (sulfide) groups is 2. The molecule has 0 unspecified atom stereocenters. The van der Waals surface area contributed by atoms with E-state index >= 15 is 0 Å². The van der Waals surface area contributed by atoms with Gasteiger partial charge in [0.1, 0.15) is 10.7 Å². The Morgan fingerprint density at radius 1 is 1.00 bits per heavy atom. The van der Waals surface area contributed by atoms with E-state index in [9.17, 15) is 4.79 Å². The zero-order valence-electron chi connectivity index (χ0n) is 17.5. The maximum Gasteiger partial charge on any atom is 0.269 e. The number of carbonyl (C=O) groups excluding carboxylic acids is 1. The molecule has 2 aliphatic heterocycles. The molecule has 0 spiro atoms. The summed E-state index contributed by atoms with van der Waals surface area (Å²) in [5, 5.41) is 3.96. The molecule has 3 aromatic carbocycles. The van der Waals surface area contributed by atoms with Crippen LogP contribution in [0.4, 0.5) is 11.4 Å². The molecule has 1 amide bonds. The van der Waals surface area contributed by atoms with Crippen LogP contribution in [0.1, 0.15) is 6.92 Å². The average molecular weight is 448 g/mol. The first-order valence-electron chi connectivity index (χ1n) is 10.00. The number of amidine groups is 1. The van der Waals surface area contributed by atoms with Gasteiger partial charge in [-0.25, -0.2) is 4.99 Å². The molecule has 0 aromatic heterocycles. The summed E-state index contributed by atoms with van der Waals surface area (Å²) in [6.45, 7) is 2.55. The van der Waals surface area contributed by atoms with Gasteiger partial charge in [-0.2, -0.15) is 0 Å². The Morgan fingerprint density at radius 3 is 2.58 bits per heavy atom. The van der Waals surface area contributed by atoms with Gasteiger partial charge < -0.3 is 9.64 Å². The lowest BCUT2D eigenvalue weighted by Crippen LogP contribution is -2.29. The third kappa shape index (κ3) is 3.47. The SMILES string of the molecule is CCN1C(=O)/C(=C2/Sc3ccc(OC)cc3N2C)SC1=Nc1ccc2ccccc2c1. The second-order valence-electron chi connectivity index (χ2n) is 7.21. The summed E-state index contributed by atoms with van der Waals surface area (Å²) in [4.78, 5) is 23.7. The van der Waals surface area contributed by atoms with Crippen LogP contribution in [0.2, 0.25) is 0 Å². The van der Waals surface area contributed by atoms with Crippen LogP contribution >= 0.6 is 23.5 Å². The van der Waals surface area contributed by atoms with Crippen molar-refractivity contribution in [3.8, 4) is 5.75 Å². The molecule has 0 N–H and O–H groups in total. The maximum absolute atomic E-state index is 13.3. The third-order valence-corrected chi connectivity index (χ3v) is 7.80. The standard InChI is InChI=1S/C24H21N3O2S2/c1-4-27-22(28)21(23-26(2)19-14-18(29-3)11-12-20(19)30-23)31-24(27)25-17-10-9-15-7-5-6-8-16(15)13-17/h5-14H,4H2,1-3H3/b23-21-,25-24?. The number of rotatable bonds is 3. The molecule has 5 rings (SSSR count). The van der Waals surface area contributed by atoms with Crippen LogP contribution in [0.25, 0.3) is 10.8 Å². The third-order valence-electron chi connectivity index (χ3n) is 5.37. The molecule has 0 atom stereocenters. The Bertz CT molecular complexity index is 1270. The van der Waals surface area contributed by atoms with E-state index in [-0.39, 0.29) is 5.91 Å². The van der Waals surface area contributed by atoms with E-state index in [1.54, 1.807) is 23.8 Å². The fourth-order valence-corrected chi connectivity index (χ4v) is 6.09. The number of nitrogens with zero attached hydrogens (tertiary/aromatic N) is 3. The number of anilines is 1. The fraction of sp³-hybridized carbons (Fsp3) is 0.167. The van der Waals surface area contributed by atoms with Crippen molar-refractivity contribution in [2.24, 2.45) is 4.99 Å². The van der Waals surface area contributed by atoms with Gasteiger partial charge in [-0.15, -0.1) is 0 Å².